The molecule has 0 N–H and O–H groups in total. The normalized spacial score (nSPS) is 16.2. The van der Waals surface area contributed by atoms with Crippen LogP contribution in [0.5, 0.6) is 5.75 Å². The van der Waals surface area contributed by atoms with Crippen molar-refractivity contribution in [2.75, 3.05) is 26.1 Å². The summed E-state index contributed by atoms with van der Waals surface area (Å²) in [4.78, 5) is 2.17. The minimum atomic E-state index is 0.0218. The van der Waals surface area contributed by atoms with Crippen molar-refractivity contribution in [2.45, 2.75) is 32.1 Å². The van der Waals surface area contributed by atoms with Crippen molar-refractivity contribution in [3.8, 4) is 5.75 Å². The molecule has 2 heteroatoms. The molecule has 0 aliphatic heterocycles. The molecule has 0 radical (unpaired) electrons. The molecule has 0 aromatic heterocycles. The summed E-state index contributed by atoms with van der Waals surface area (Å²) in [5, 5.41) is 0. The van der Waals surface area contributed by atoms with Crippen molar-refractivity contribution in [3.05, 3.63) is 64.7 Å². The van der Waals surface area contributed by atoms with Gasteiger partial charge in [0.15, 0.2) is 0 Å². The van der Waals surface area contributed by atoms with Crippen LogP contribution >= 0.6 is 0 Å². The lowest BCUT2D eigenvalue weighted by atomic mass is 9.81. The number of benzene rings is 2. The molecule has 2 aromatic rings. The maximum Gasteiger partial charge on any atom is 0.126 e. The van der Waals surface area contributed by atoms with Gasteiger partial charge in [0.1, 0.15) is 5.75 Å². The van der Waals surface area contributed by atoms with E-state index in [9.17, 15) is 0 Å². The summed E-state index contributed by atoms with van der Waals surface area (Å²) in [6.07, 6.45) is 4.51. The number of fused-ring (bicyclic) bond motifs is 1. The smallest absolute Gasteiger partial charge is 0.126 e. The topological polar surface area (TPSA) is 12.5 Å². The molecule has 0 bridgehead atoms. The van der Waals surface area contributed by atoms with E-state index < -0.39 is 0 Å². The zero-order valence-corrected chi connectivity index (χ0v) is 15.6. The Morgan fingerprint density at radius 1 is 1.00 bits per heavy atom. The van der Waals surface area contributed by atoms with E-state index in [0.29, 0.717) is 0 Å². The molecule has 1 aliphatic rings. The zero-order chi connectivity index (χ0) is 17.5. The highest BCUT2D eigenvalue weighted by atomic mass is 16.5. The molecule has 0 spiro atoms. The van der Waals surface area contributed by atoms with Crippen molar-refractivity contribution < 1.29 is 4.74 Å². The average molecular weight is 321 g/mol. The summed E-state index contributed by atoms with van der Waals surface area (Å²) in [5.74, 6) is 1.26. The number of hydrogen-bond acceptors (Lipinski definition) is 2. The van der Waals surface area contributed by atoms with E-state index in [1.807, 2.05) is 0 Å². The summed E-state index contributed by atoms with van der Waals surface area (Å²) in [6, 6.07) is 13.1. The molecule has 0 fully saturated rings. The lowest BCUT2D eigenvalue weighted by Crippen LogP contribution is -2.18. The van der Waals surface area contributed by atoms with Gasteiger partial charge in [-0.05, 0) is 28.7 Å². The van der Waals surface area contributed by atoms with E-state index in [2.05, 4.69) is 88.3 Å². The highest BCUT2D eigenvalue weighted by molar-refractivity contribution is 5.69. The predicted octanol–water partition coefficient (Wildman–Crippen LogP) is 5.22. The fourth-order valence-electron chi connectivity index (χ4n) is 3.43. The first kappa shape index (κ1) is 16.6. The van der Waals surface area contributed by atoms with Crippen LogP contribution in [0.25, 0.3) is 6.08 Å². The molecule has 1 unspecified atom stereocenters. The highest BCUT2D eigenvalue weighted by Gasteiger charge is 2.28. The molecule has 1 atom stereocenters. The summed E-state index contributed by atoms with van der Waals surface area (Å²) < 4.78 is 5.91. The molecule has 0 saturated carbocycles. The van der Waals surface area contributed by atoms with Crippen molar-refractivity contribution in [1.82, 2.24) is 0 Å². The first-order valence-corrected chi connectivity index (χ1v) is 8.50. The van der Waals surface area contributed by atoms with E-state index >= 15 is 0 Å². The average Bonchev–Trinajstić information content (AvgIpc) is 2.96. The van der Waals surface area contributed by atoms with Gasteiger partial charge in [-0.25, -0.2) is 0 Å². The molecule has 126 valence electrons. The number of hydrogen-bond donors (Lipinski definition) is 0. The van der Waals surface area contributed by atoms with Gasteiger partial charge in [-0.1, -0.05) is 57.2 Å². The third kappa shape index (κ3) is 2.82. The quantitative estimate of drug-likeness (QED) is 0.768. The number of nitrogens with zero attached hydrogens (tertiary/aromatic N) is 1. The maximum atomic E-state index is 5.91. The van der Waals surface area contributed by atoms with E-state index in [-0.39, 0.29) is 11.3 Å². The summed E-state index contributed by atoms with van der Waals surface area (Å²) in [7, 11) is 5.97. The standard InChI is InChI=1S/C22H27NO/c1-22(2,3)20-14-16(23(4)5)13-19(21(20)24-6)18-12-11-15-9-7-8-10-17(15)18/h7-14,18H,1-6H3. The fourth-order valence-corrected chi connectivity index (χ4v) is 3.43. The van der Waals surface area contributed by atoms with Gasteiger partial charge >= 0.3 is 0 Å². The first-order chi connectivity index (χ1) is 11.3. The Labute approximate surface area is 145 Å². The van der Waals surface area contributed by atoms with Crippen LogP contribution in [0.3, 0.4) is 0 Å². The molecule has 2 aromatic carbocycles. The Kier molecular flexibility index (Phi) is 4.16. The van der Waals surface area contributed by atoms with E-state index in [0.717, 1.165) is 5.75 Å². The SMILES string of the molecule is COc1c(C2C=Cc3ccccc32)cc(N(C)C)cc1C(C)(C)C. The van der Waals surface area contributed by atoms with Crippen LogP contribution in [0.1, 0.15) is 48.9 Å². The molecule has 3 rings (SSSR count). The lowest BCUT2D eigenvalue weighted by Gasteiger charge is -2.28. The van der Waals surface area contributed by atoms with Crippen LogP contribution in [-0.2, 0) is 5.41 Å². The highest BCUT2D eigenvalue weighted by Crippen LogP contribution is 2.45. The molecule has 0 saturated heterocycles. The molecule has 0 heterocycles. The van der Waals surface area contributed by atoms with Crippen LogP contribution in [0.2, 0.25) is 0 Å². The Morgan fingerprint density at radius 3 is 2.33 bits per heavy atom. The second-order valence-electron chi connectivity index (χ2n) is 7.73. The number of ether oxygens (including phenoxy) is 1. The minimum Gasteiger partial charge on any atom is -0.496 e. The molecule has 1 aliphatic carbocycles. The van der Waals surface area contributed by atoms with Crippen LogP contribution < -0.4 is 9.64 Å². The number of methoxy groups -OCH3 is 1. The van der Waals surface area contributed by atoms with Gasteiger partial charge in [0.25, 0.3) is 0 Å². The Bertz CT molecular complexity index is 781. The van der Waals surface area contributed by atoms with Crippen molar-refractivity contribution >= 4 is 11.8 Å². The van der Waals surface area contributed by atoms with Crippen LogP contribution in [-0.4, -0.2) is 21.2 Å². The third-order valence-electron chi connectivity index (χ3n) is 4.77. The molecule has 0 amide bonds. The second-order valence-corrected chi connectivity index (χ2v) is 7.73. The van der Waals surface area contributed by atoms with Gasteiger partial charge in [0.05, 0.1) is 7.11 Å². The van der Waals surface area contributed by atoms with Gasteiger partial charge in [-0.2, -0.15) is 0 Å². The number of anilines is 1. The first-order valence-electron chi connectivity index (χ1n) is 8.50. The molecule has 2 nitrogen and oxygen atoms in total. The van der Waals surface area contributed by atoms with Crippen LogP contribution in [0.4, 0.5) is 5.69 Å². The van der Waals surface area contributed by atoms with E-state index in [1.54, 1.807) is 7.11 Å². The number of rotatable bonds is 3. The number of allylic oxidation sites excluding steroid dienone is 1. The molecule has 24 heavy (non-hydrogen) atoms. The third-order valence-corrected chi connectivity index (χ3v) is 4.77. The van der Waals surface area contributed by atoms with E-state index in [4.69, 9.17) is 4.74 Å². The zero-order valence-electron chi connectivity index (χ0n) is 15.6. The monoisotopic (exact) mass is 321 g/mol. The second kappa shape index (κ2) is 6.01. The van der Waals surface area contributed by atoms with Gasteiger partial charge in [-0.3, -0.25) is 0 Å². The summed E-state index contributed by atoms with van der Waals surface area (Å²) >= 11 is 0. The van der Waals surface area contributed by atoms with Crippen molar-refractivity contribution in [2.24, 2.45) is 0 Å². The van der Waals surface area contributed by atoms with E-state index in [1.165, 1.54) is 27.9 Å². The van der Waals surface area contributed by atoms with Crippen molar-refractivity contribution in [3.63, 3.8) is 0 Å². The Hall–Kier alpha value is -2.22. The van der Waals surface area contributed by atoms with Gasteiger partial charge in [0.2, 0.25) is 0 Å². The Morgan fingerprint density at radius 2 is 1.71 bits per heavy atom. The molecular formula is C22H27NO. The van der Waals surface area contributed by atoms with Crippen molar-refractivity contribution in [1.29, 1.82) is 0 Å². The van der Waals surface area contributed by atoms with Gasteiger partial charge in [-0.15, -0.1) is 0 Å². The summed E-state index contributed by atoms with van der Waals surface area (Å²) in [5.41, 5.74) is 6.39. The minimum absolute atomic E-state index is 0.0218. The van der Waals surface area contributed by atoms with Crippen LogP contribution in [0.15, 0.2) is 42.5 Å². The fraction of sp³-hybridized carbons (Fsp3) is 0.364. The van der Waals surface area contributed by atoms with Gasteiger partial charge < -0.3 is 9.64 Å². The largest absolute Gasteiger partial charge is 0.496 e. The molecular weight excluding hydrogens is 294 g/mol. The Balaban J connectivity index is 2.24. The lowest BCUT2D eigenvalue weighted by molar-refractivity contribution is 0.392. The van der Waals surface area contributed by atoms with Crippen LogP contribution in [0, 0.1) is 0 Å². The maximum absolute atomic E-state index is 5.91. The summed E-state index contributed by atoms with van der Waals surface area (Å²) in [6.45, 7) is 6.73. The predicted molar refractivity (Wildman–Crippen MR) is 103 cm³/mol. The van der Waals surface area contributed by atoms with Gasteiger partial charge in [0, 0.05) is 36.8 Å².